The first-order valence-electron chi connectivity index (χ1n) is 10.7. The fourth-order valence-corrected chi connectivity index (χ4v) is 4.76. The van der Waals surface area contributed by atoms with Crippen LogP contribution >= 0.6 is 23.4 Å². The molecule has 1 heterocycles. The number of halogens is 1. The number of carbonyl (C=O) groups is 1. The Labute approximate surface area is 196 Å². The third kappa shape index (κ3) is 5.52. The topological polar surface area (TPSA) is 73.2 Å². The van der Waals surface area contributed by atoms with E-state index in [1.165, 1.54) is 11.8 Å². The number of nitrogens with zero attached hydrogens (tertiary/aromatic N) is 2. The molecule has 0 aliphatic heterocycles. The first-order chi connectivity index (χ1) is 15.6. The van der Waals surface area contributed by atoms with Crippen molar-refractivity contribution < 1.29 is 9.53 Å². The van der Waals surface area contributed by atoms with Crippen molar-refractivity contribution in [3.8, 4) is 0 Å². The Morgan fingerprint density at radius 1 is 1.28 bits per heavy atom. The highest BCUT2D eigenvalue weighted by molar-refractivity contribution is 7.99. The van der Waals surface area contributed by atoms with Gasteiger partial charge in [0.15, 0.2) is 5.16 Å². The fraction of sp³-hybridized carbons (Fsp3) is 0.375. The molecule has 2 aromatic carbocycles. The van der Waals surface area contributed by atoms with Crippen molar-refractivity contribution in [3.63, 3.8) is 0 Å². The number of hydrogen-bond donors (Lipinski definition) is 1. The van der Waals surface area contributed by atoms with Gasteiger partial charge in [-0.15, -0.1) is 0 Å². The Bertz CT molecular complexity index is 1150. The highest BCUT2D eigenvalue weighted by Crippen LogP contribution is 2.41. The maximum atomic E-state index is 13.1. The zero-order valence-corrected chi connectivity index (χ0v) is 19.5. The van der Waals surface area contributed by atoms with Crippen LogP contribution in [0.3, 0.4) is 0 Å². The van der Waals surface area contributed by atoms with E-state index < -0.39 is 0 Å². The number of ether oxygens (including phenoxy) is 1. The molecule has 1 fully saturated rings. The second kappa shape index (κ2) is 10.5. The number of rotatable bonds is 10. The number of amides is 1. The minimum atomic E-state index is -0.133. The number of methoxy groups -OCH3 is 1. The minimum Gasteiger partial charge on any atom is -0.385 e. The van der Waals surface area contributed by atoms with E-state index in [1.54, 1.807) is 29.9 Å². The maximum absolute atomic E-state index is 13.1. The number of carbonyl (C=O) groups excluding carboxylic acids is 1. The minimum absolute atomic E-state index is 0.0246. The van der Waals surface area contributed by atoms with Crippen LogP contribution in [0.15, 0.2) is 58.5 Å². The molecule has 1 unspecified atom stereocenters. The predicted octanol–water partition coefficient (Wildman–Crippen LogP) is 4.45. The summed E-state index contributed by atoms with van der Waals surface area (Å²) in [5, 5.41) is 4.73. The molecule has 1 aliphatic carbocycles. The van der Waals surface area contributed by atoms with E-state index in [1.807, 2.05) is 18.2 Å². The van der Waals surface area contributed by atoms with Crippen LogP contribution in [0, 0.1) is 5.92 Å². The number of nitrogens with one attached hydrogen (secondary N) is 1. The molecule has 8 heteroatoms. The highest BCUT2D eigenvalue weighted by atomic mass is 35.5. The summed E-state index contributed by atoms with van der Waals surface area (Å²) in [6, 6.07) is 15.2. The average Bonchev–Trinajstić information content (AvgIpc) is 3.63. The fourth-order valence-electron chi connectivity index (χ4n) is 3.76. The predicted molar refractivity (Wildman–Crippen MR) is 128 cm³/mol. The Hall–Kier alpha value is -2.35. The largest absolute Gasteiger partial charge is 0.385 e. The van der Waals surface area contributed by atoms with Gasteiger partial charge in [0.1, 0.15) is 0 Å². The molecule has 6 nitrogen and oxygen atoms in total. The van der Waals surface area contributed by atoms with Gasteiger partial charge in [-0.1, -0.05) is 53.7 Å². The molecule has 0 bridgehead atoms. The molecule has 1 aromatic heterocycles. The molecule has 0 spiro atoms. The number of benzene rings is 2. The van der Waals surface area contributed by atoms with E-state index in [0.717, 1.165) is 18.4 Å². The van der Waals surface area contributed by atoms with Crippen LogP contribution in [-0.2, 0) is 16.1 Å². The summed E-state index contributed by atoms with van der Waals surface area (Å²) < 4.78 is 6.76. The summed E-state index contributed by atoms with van der Waals surface area (Å²) in [5.41, 5.74) is 1.53. The summed E-state index contributed by atoms with van der Waals surface area (Å²) in [6.07, 6.45) is 2.92. The molecule has 168 valence electrons. The molecule has 4 rings (SSSR count). The summed E-state index contributed by atoms with van der Waals surface area (Å²) >= 11 is 7.38. The number of hydrogen-bond acceptors (Lipinski definition) is 5. The Morgan fingerprint density at radius 2 is 2.06 bits per heavy atom. The lowest BCUT2D eigenvalue weighted by Crippen LogP contribution is -2.31. The van der Waals surface area contributed by atoms with Crippen molar-refractivity contribution in [3.05, 3.63) is 69.5 Å². The standard InChI is InChI=1S/C24H26ClN3O3S/c1-31-13-5-12-28-23(30)19-11-10-18(25)14-20(19)26-24(28)32-15-21(29)27-22(17-8-9-17)16-6-3-2-4-7-16/h2-4,6-7,10-11,14,17,22H,5,8-9,12-13,15H2,1H3,(H,27,29). The normalized spacial score (nSPS) is 14.4. The van der Waals surface area contributed by atoms with E-state index in [4.69, 9.17) is 16.3 Å². The van der Waals surface area contributed by atoms with Gasteiger partial charge in [0.2, 0.25) is 5.91 Å². The maximum Gasteiger partial charge on any atom is 0.262 e. The van der Waals surface area contributed by atoms with Gasteiger partial charge in [0.05, 0.1) is 22.7 Å². The first kappa shape index (κ1) is 22.8. The number of fused-ring (bicyclic) bond motifs is 1. The average molecular weight is 472 g/mol. The summed E-state index contributed by atoms with van der Waals surface area (Å²) in [6.45, 7) is 1.01. The molecular formula is C24H26ClN3O3S. The van der Waals surface area contributed by atoms with Crippen LogP contribution in [0.25, 0.3) is 10.9 Å². The van der Waals surface area contributed by atoms with Gasteiger partial charge in [-0.2, -0.15) is 0 Å². The molecule has 32 heavy (non-hydrogen) atoms. The molecular weight excluding hydrogens is 446 g/mol. The van der Waals surface area contributed by atoms with Crippen molar-refractivity contribution in [2.45, 2.75) is 37.0 Å². The summed E-state index contributed by atoms with van der Waals surface area (Å²) in [7, 11) is 1.63. The molecule has 0 saturated heterocycles. The van der Waals surface area contributed by atoms with Crippen LogP contribution in [-0.4, -0.2) is 34.9 Å². The number of aromatic nitrogens is 2. The van der Waals surface area contributed by atoms with Crippen molar-refractivity contribution in [1.29, 1.82) is 0 Å². The lowest BCUT2D eigenvalue weighted by molar-refractivity contribution is -0.119. The quantitative estimate of drug-likeness (QED) is 0.269. The number of thioether (sulfide) groups is 1. The molecule has 3 aromatic rings. The van der Waals surface area contributed by atoms with Gasteiger partial charge >= 0.3 is 0 Å². The van der Waals surface area contributed by atoms with Gasteiger partial charge in [-0.05, 0) is 48.9 Å². The van der Waals surface area contributed by atoms with E-state index >= 15 is 0 Å². The van der Waals surface area contributed by atoms with Crippen LogP contribution in [0.4, 0.5) is 0 Å². The zero-order valence-electron chi connectivity index (χ0n) is 17.9. The molecule has 1 saturated carbocycles. The van der Waals surface area contributed by atoms with Gasteiger partial charge in [0.25, 0.3) is 5.56 Å². The summed E-state index contributed by atoms with van der Waals surface area (Å²) in [5.74, 6) is 0.595. The van der Waals surface area contributed by atoms with Gasteiger partial charge in [-0.25, -0.2) is 4.98 Å². The highest BCUT2D eigenvalue weighted by Gasteiger charge is 2.33. The van der Waals surface area contributed by atoms with Crippen molar-refractivity contribution in [1.82, 2.24) is 14.9 Å². The second-order valence-corrected chi connectivity index (χ2v) is 9.32. The van der Waals surface area contributed by atoms with E-state index in [-0.39, 0.29) is 23.3 Å². The van der Waals surface area contributed by atoms with E-state index in [9.17, 15) is 9.59 Å². The second-order valence-electron chi connectivity index (χ2n) is 7.94. The molecule has 0 radical (unpaired) electrons. The Morgan fingerprint density at radius 3 is 2.78 bits per heavy atom. The lowest BCUT2D eigenvalue weighted by Gasteiger charge is -2.19. The van der Waals surface area contributed by atoms with E-state index in [2.05, 4.69) is 22.4 Å². The SMILES string of the molecule is COCCCn1c(SCC(=O)NC(c2ccccc2)C2CC2)nc2cc(Cl)ccc2c1=O. The van der Waals surface area contributed by atoms with Crippen LogP contribution in [0.2, 0.25) is 5.02 Å². The van der Waals surface area contributed by atoms with Gasteiger partial charge in [0, 0.05) is 25.3 Å². The smallest absolute Gasteiger partial charge is 0.262 e. The molecule has 1 amide bonds. The van der Waals surface area contributed by atoms with Crippen molar-refractivity contribution in [2.75, 3.05) is 19.5 Å². The molecule has 1 atom stereocenters. The van der Waals surface area contributed by atoms with Gasteiger partial charge < -0.3 is 10.1 Å². The van der Waals surface area contributed by atoms with E-state index in [0.29, 0.717) is 46.6 Å². The monoisotopic (exact) mass is 471 g/mol. The van der Waals surface area contributed by atoms with Crippen LogP contribution in [0.5, 0.6) is 0 Å². The Balaban J connectivity index is 1.52. The van der Waals surface area contributed by atoms with Crippen molar-refractivity contribution in [2.24, 2.45) is 5.92 Å². The summed E-state index contributed by atoms with van der Waals surface area (Å²) in [4.78, 5) is 30.6. The Kier molecular flexibility index (Phi) is 7.50. The van der Waals surface area contributed by atoms with Gasteiger partial charge in [-0.3, -0.25) is 14.2 Å². The third-order valence-corrected chi connectivity index (χ3v) is 6.72. The zero-order chi connectivity index (χ0) is 22.5. The third-order valence-electron chi connectivity index (χ3n) is 5.51. The van der Waals surface area contributed by atoms with Crippen molar-refractivity contribution >= 4 is 40.2 Å². The lowest BCUT2D eigenvalue weighted by atomic mass is 10.0. The first-order valence-corrected chi connectivity index (χ1v) is 12.1. The molecule has 1 N–H and O–H groups in total. The van der Waals surface area contributed by atoms with Crippen LogP contribution < -0.4 is 10.9 Å². The molecule has 1 aliphatic rings. The van der Waals surface area contributed by atoms with Crippen LogP contribution in [0.1, 0.15) is 30.9 Å².